The highest BCUT2D eigenvalue weighted by atomic mass is 35.5. The number of hydrogen-bond acceptors (Lipinski definition) is 4. The molecule has 2 amide bonds. The molecule has 1 N–H and O–H groups in total. The summed E-state index contributed by atoms with van der Waals surface area (Å²) in [6.07, 6.45) is 1.33. The SMILES string of the molecule is CCOC(=O)N(C)c1ccc(NC(=O)C2=Cc3cc(Cl)ccc3OC2)cc1. The van der Waals surface area contributed by atoms with E-state index in [2.05, 4.69) is 5.32 Å². The van der Waals surface area contributed by atoms with E-state index >= 15 is 0 Å². The Bertz CT molecular complexity index is 893. The predicted molar refractivity (Wildman–Crippen MR) is 105 cm³/mol. The number of benzene rings is 2. The Hall–Kier alpha value is -2.99. The van der Waals surface area contributed by atoms with Gasteiger partial charge >= 0.3 is 6.09 Å². The lowest BCUT2D eigenvalue weighted by Crippen LogP contribution is -2.27. The quantitative estimate of drug-likeness (QED) is 0.848. The van der Waals surface area contributed by atoms with Crippen LogP contribution in [0.1, 0.15) is 12.5 Å². The fourth-order valence-corrected chi connectivity index (χ4v) is 2.77. The molecule has 7 heteroatoms. The van der Waals surface area contributed by atoms with Crippen molar-refractivity contribution in [3.8, 4) is 5.75 Å². The first-order valence-electron chi connectivity index (χ1n) is 8.42. The van der Waals surface area contributed by atoms with E-state index in [-0.39, 0.29) is 12.5 Å². The lowest BCUT2D eigenvalue weighted by molar-refractivity contribution is -0.113. The molecule has 1 aliphatic rings. The van der Waals surface area contributed by atoms with Crippen molar-refractivity contribution in [2.24, 2.45) is 0 Å². The Balaban J connectivity index is 1.69. The monoisotopic (exact) mass is 386 g/mol. The molecule has 0 saturated heterocycles. The molecule has 0 saturated carbocycles. The van der Waals surface area contributed by atoms with E-state index in [0.29, 0.717) is 34.3 Å². The van der Waals surface area contributed by atoms with Crippen LogP contribution in [0.5, 0.6) is 5.75 Å². The van der Waals surface area contributed by atoms with E-state index in [4.69, 9.17) is 21.1 Å². The van der Waals surface area contributed by atoms with Crippen LogP contribution < -0.4 is 15.0 Å². The van der Waals surface area contributed by atoms with Gasteiger partial charge in [-0.3, -0.25) is 9.69 Å². The van der Waals surface area contributed by atoms with Gasteiger partial charge in [0.15, 0.2) is 0 Å². The maximum atomic E-state index is 12.5. The lowest BCUT2D eigenvalue weighted by Gasteiger charge is -2.19. The Morgan fingerprint density at radius 2 is 1.96 bits per heavy atom. The highest BCUT2D eigenvalue weighted by molar-refractivity contribution is 6.30. The smallest absolute Gasteiger partial charge is 0.413 e. The zero-order valence-electron chi connectivity index (χ0n) is 15.0. The topological polar surface area (TPSA) is 67.9 Å². The molecule has 0 aliphatic carbocycles. The molecule has 140 valence electrons. The third-order valence-corrected chi connectivity index (χ3v) is 4.27. The highest BCUT2D eigenvalue weighted by Crippen LogP contribution is 2.29. The average Bonchev–Trinajstić information content (AvgIpc) is 2.67. The van der Waals surface area contributed by atoms with E-state index in [1.807, 2.05) is 0 Å². The summed E-state index contributed by atoms with van der Waals surface area (Å²) in [4.78, 5) is 25.6. The molecule has 0 atom stereocenters. The zero-order chi connectivity index (χ0) is 19.4. The molecular weight excluding hydrogens is 368 g/mol. The summed E-state index contributed by atoms with van der Waals surface area (Å²) in [6.45, 7) is 2.24. The molecule has 0 bridgehead atoms. The summed E-state index contributed by atoms with van der Waals surface area (Å²) in [5.41, 5.74) is 2.54. The van der Waals surface area contributed by atoms with Crippen LogP contribution in [0.2, 0.25) is 5.02 Å². The molecule has 1 aliphatic heterocycles. The van der Waals surface area contributed by atoms with Crippen molar-refractivity contribution in [1.29, 1.82) is 0 Å². The number of carbonyl (C=O) groups is 2. The zero-order valence-corrected chi connectivity index (χ0v) is 15.7. The number of nitrogens with zero attached hydrogens (tertiary/aromatic N) is 1. The third kappa shape index (κ3) is 4.41. The number of hydrogen-bond donors (Lipinski definition) is 1. The first-order chi connectivity index (χ1) is 13.0. The predicted octanol–water partition coefficient (Wildman–Crippen LogP) is 4.35. The molecule has 0 fully saturated rings. The van der Waals surface area contributed by atoms with Gasteiger partial charge in [0.2, 0.25) is 0 Å². The molecule has 0 radical (unpaired) electrons. The standard InChI is InChI=1S/C20H19ClN2O4/c1-3-26-20(25)23(2)17-7-5-16(6-8-17)22-19(24)14-10-13-11-15(21)4-9-18(13)27-12-14/h4-11H,3,12H2,1-2H3,(H,22,24). The first-order valence-corrected chi connectivity index (χ1v) is 8.80. The fourth-order valence-electron chi connectivity index (χ4n) is 2.58. The molecule has 2 aromatic carbocycles. The van der Waals surface area contributed by atoms with E-state index in [1.165, 1.54) is 4.90 Å². The summed E-state index contributed by atoms with van der Waals surface area (Å²) in [7, 11) is 1.62. The minimum atomic E-state index is -0.434. The highest BCUT2D eigenvalue weighted by Gasteiger charge is 2.18. The molecule has 6 nitrogen and oxygen atoms in total. The normalized spacial score (nSPS) is 12.3. The summed E-state index contributed by atoms with van der Waals surface area (Å²) in [6, 6.07) is 12.2. The Morgan fingerprint density at radius 1 is 1.22 bits per heavy atom. The molecule has 0 aromatic heterocycles. The Morgan fingerprint density at radius 3 is 2.67 bits per heavy atom. The van der Waals surface area contributed by atoms with Crippen molar-refractivity contribution < 1.29 is 19.1 Å². The number of carbonyl (C=O) groups excluding carboxylic acids is 2. The van der Waals surface area contributed by atoms with E-state index in [0.717, 1.165) is 5.56 Å². The van der Waals surface area contributed by atoms with Crippen LogP contribution in [-0.2, 0) is 9.53 Å². The number of nitrogens with one attached hydrogen (secondary N) is 1. The number of amides is 2. The van der Waals surface area contributed by atoms with Gasteiger partial charge in [-0.2, -0.15) is 0 Å². The van der Waals surface area contributed by atoms with Gasteiger partial charge in [0.25, 0.3) is 5.91 Å². The first kappa shape index (κ1) is 18.8. The van der Waals surface area contributed by atoms with Crippen LogP contribution >= 0.6 is 11.6 Å². The van der Waals surface area contributed by atoms with Crippen molar-refractivity contribution >= 4 is 41.1 Å². The van der Waals surface area contributed by atoms with E-state index in [1.54, 1.807) is 62.5 Å². The molecule has 27 heavy (non-hydrogen) atoms. The average molecular weight is 387 g/mol. The maximum absolute atomic E-state index is 12.5. The van der Waals surface area contributed by atoms with Gasteiger partial charge in [0.05, 0.1) is 12.2 Å². The second kappa shape index (κ2) is 8.14. The summed E-state index contributed by atoms with van der Waals surface area (Å²) in [5, 5.41) is 3.40. The minimum Gasteiger partial charge on any atom is -0.488 e. The van der Waals surface area contributed by atoms with Crippen molar-refractivity contribution in [2.45, 2.75) is 6.92 Å². The van der Waals surface area contributed by atoms with Crippen LogP contribution in [0.3, 0.4) is 0 Å². The van der Waals surface area contributed by atoms with Crippen molar-refractivity contribution in [3.05, 3.63) is 58.6 Å². The van der Waals surface area contributed by atoms with Gasteiger partial charge in [0.1, 0.15) is 12.4 Å². The lowest BCUT2D eigenvalue weighted by atomic mass is 10.1. The summed E-state index contributed by atoms with van der Waals surface area (Å²) in [5.74, 6) is 0.439. The molecule has 2 aromatic rings. The second-order valence-corrected chi connectivity index (χ2v) is 6.34. The minimum absolute atomic E-state index is 0.185. The fraction of sp³-hybridized carbons (Fsp3) is 0.200. The molecular formula is C20H19ClN2O4. The van der Waals surface area contributed by atoms with Gasteiger partial charge in [-0.05, 0) is 55.5 Å². The van der Waals surface area contributed by atoms with Gasteiger partial charge in [0, 0.05) is 29.0 Å². The van der Waals surface area contributed by atoms with Crippen LogP contribution in [0.4, 0.5) is 16.2 Å². The van der Waals surface area contributed by atoms with Crippen molar-refractivity contribution in [2.75, 3.05) is 30.5 Å². The molecule has 0 spiro atoms. The van der Waals surface area contributed by atoms with Crippen molar-refractivity contribution in [1.82, 2.24) is 0 Å². The molecule has 1 heterocycles. The van der Waals surface area contributed by atoms with Crippen LogP contribution in [0, 0.1) is 0 Å². The number of halogens is 1. The number of fused-ring (bicyclic) bond motifs is 1. The van der Waals surface area contributed by atoms with E-state index < -0.39 is 6.09 Å². The van der Waals surface area contributed by atoms with Gasteiger partial charge in [-0.1, -0.05) is 11.6 Å². The number of ether oxygens (including phenoxy) is 2. The van der Waals surface area contributed by atoms with Gasteiger partial charge in [-0.25, -0.2) is 4.79 Å². The Labute approximate surface area is 162 Å². The Kier molecular flexibility index (Phi) is 5.66. The van der Waals surface area contributed by atoms with Crippen molar-refractivity contribution in [3.63, 3.8) is 0 Å². The van der Waals surface area contributed by atoms with Crippen LogP contribution in [0.25, 0.3) is 6.08 Å². The number of rotatable bonds is 4. The summed E-state index contributed by atoms with van der Waals surface area (Å²) < 4.78 is 10.6. The van der Waals surface area contributed by atoms with Crippen LogP contribution in [0.15, 0.2) is 48.0 Å². The third-order valence-electron chi connectivity index (χ3n) is 4.03. The number of anilines is 2. The second-order valence-electron chi connectivity index (χ2n) is 5.90. The summed E-state index contributed by atoms with van der Waals surface area (Å²) >= 11 is 5.99. The molecule has 0 unspecified atom stereocenters. The van der Waals surface area contributed by atoms with Gasteiger partial charge in [-0.15, -0.1) is 0 Å². The maximum Gasteiger partial charge on any atom is 0.413 e. The van der Waals surface area contributed by atoms with E-state index in [9.17, 15) is 9.59 Å². The van der Waals surface area contributed by atoms with Gasteiger partial charge < -0.3 is 14.8 Å². The largest absolute Gasteiger partial charge is 0.488 e. The van der Waals surface area contributed by atoms with Crippen LogP contribution in [-0.4, -0.2) is 32.3 Å². The molecule has 3 rings (SSSR count).